The molecule has 0 heterocycles. The molecule has 2 rings (SSSR count). The summed E-state index contributed by atoms with van der Waals surface area (Å²) in [5.41, 5.74) is 2.74. The van der Waals surface area contributed by atoms with Crippen molar-refractivity contribution in [2.45, 2.75) is 96.8 Å². The maximum absolute atomic E-state index is 12.3. The van der Waals surface area contributed by atoms with Crippen LogP contribution < -0.4 is 0 Å². The lowest BCUT2D eigenvalue weighted by molar-refractivity contribution is -0.142. The average molecular weight is 477 g/mol. The molecule has 0 amide bonds. The second-order valence-electron chi connectivity index (χ2n) is 9.36. The number of allylic oxidation sites excluding steroid dienone is 2. The van der Waals surface area contributed by atoms with Crippen LogP contribution in [0, 0.1) is 0 Å². The van der Waals surface area contributed by atoms with Crippen LogP contribution >= 0.6 is 0 Å². The Bertz CT molecular complexity index is 852. The summed E-state index contributed by atoms with van der Waals surface area (Å²) in [5, 5.41) is 0. The van der Waals surface area contributed by atoms with Gasteiger partial charge in [0.1, 0.15) is 0 Å². The van der Waals surface area contributed by atoms with Gasteiger partial charge in [-0.25, -0.2) is 0 Å². The van der Waals surface area contributed by atoms with Crippen LogP contribution in [-0.4, -0.2) is 18.4 Å². The molecule has 0 aliphatic carbocycles. The SMILES string of the molecule is CCCCCCCC/C=C\CCCCCCCC(=O)OCC(=O)c1ccc(-c2ccccc2)cc1. The zero-order valence-electron chi connectivity index (χ0n) is 21.7. The summed E-state index contributed by atoms with van der Waals surface area (Å²) >= 11 is 0. The van der Waals surface area contributed by atoms with E-state index in [2.05, 4.69) is 19.1 Å². The predicted octanol–water partition coefficient (Wildman–Crippen LogP) is 9.12. The number of hydrogen-bond donors (Lipinski definition) is 0. The normalized spacial score (nSPS) is 11.1. The van der Waals surface area contributed by atoms with Crippen LogP contribution in [0.1, 0.15) is 107 Å². The van der Waals surface area contributed by atoms with E-state index in [0.717, 1.165) is 36.8 Å². The van der Waals surface area contributed by atoms with Gasteiger partial charge in [0.2, 0.25) is 0 Å². The standard InChI is InChI=1S/C32H44O3/c1-2-3-4-5-6-7-8-9-10-11-12-13-14-15-19-22-32(34)35-27-31(33)30-25-23-29(24-26-30)28-20-17-16-18-21-28/h9-10,16-18,20-21,23-26H,2-8,11-15,19,22,27H2,1H3/b10-9-. The van der Waals surface area contributed by atoms with Crippen molar-refractivity contribution >= 4 is 11.8 Å². The van der Waals surface area contributed by atoms with Gasteiger partial charge in [0.25, 0.3) is 0 Å². The minimum Gasteiger partial charge on any atom is -0.457 e. The van der Waals surface area contributed by atoms with E-state index in [0.29, 0.717) is 12.0 Å². The van der Waals surface area contributed by atoms with Crippen LogP contribution in [0.4, 0.5) is 0 Å². The highest BCUT2D eigenvalue weighted by Gasteiger charge is 2.10. The van der Waals surface area contributed by atoms with Gasteiger partial charge in [0, 0.05) is 12.0 Å². The zero-order valence-corrected chi connectivity index (χ0v) is 21.7. The highest BCUT2D eigenvalue weighted by molar-refractivity contribution is 5.98. The topological polar surface area (TPSA) is 43.4 Å². The summed E-state index contributed by atoms with van der Waals surface area (Å²) in [6.45, 7) is 2.07. The molecule has 3 nitrogen and oxygen atoms in total. The highest BCUT2D eigenvalue weighted by atomic mass is 16.5. The quantitative estimate of drug-likeness (QED) is 0.0878. The van der Waals surface area contributed by atoms with E-state index < -0.39 is 0 Å². The van der Waals surface area contributed by atoms with E-state index in [1.807, 2.05) is 42.5 Å². The Morgan fingerprint density at radius 1 is 0.657 bits per heavy atom. The van der Waals surface area contributed by atoms with Crippen molar-refractivity contribution in [3.8, 4) is 11.1 Å². The van der Waals surface area contributed by atoms with E-state index in [4.69, 9.17) is 4.74 Å². The smallest absolute Gasteiger partial charge is 0.306 e. The number of unbranched alkanes of at least 4 members (excludes halogenated alkanes) is 11. The van der Waals surface area contributed by atoms with Crippen LogP contribution in [0.2, 0.25) is 0 Å². The number of carbonyl (C=O) groups is 2. The molecule has 0 radical (unpaired) electrons. The molecule has 0 spiro atoms. The molecule has 0 fully saturated rings. The Kier molecular flexibility index (Phi) is 15.2. The van der Waals surface area contributed by atoms with Gasteiger partial charge >= 0.3 is 5.97 Å². The number of hydrogen-bond acceptors (Lipinski definition) is 3. The molecule has 2 aromatic rings. The lowest BCUT2D eigenvalue weighted by Crippen LogP contribution is -2.13. The number of Topliss-reactive ketones (excluding diaryl/α,β-unsaturated/α-hetero) is 1. The van der Waals surface area contributed by atoms with E-state index in [1.165, 1.54) is 57.8 Å². The Morgan fingerprint density at radius 3 is 1.83 bits per heavy atom. The Labute approximate surface area is 213 Å². The summed E-state index contributed by atoms with van der Waals surface area (Å²) in [5.74, 6) is -0.445. The van der Waals surface area contributed by atoms with Gasteiger partial charge in [-0.1, -0.05) is 125 Å². The first kappa shape index (κ1) is 28.6. The minimum atomic E-state index is -0.281. The third kappa shape index (κ3) is 13.1. The van der Waals surface area contributed by atoms with E-state index in [9.17, 15) is 9.59 Å². The van der Waals surface area contributed by atoms with Crippen LogP contribution in [0.5, 0.6) is 0 Å². The van der Waals surface area contributed by atoms with Gasteiger partial charge in [-0.2, -0.15) is 0 Å². The summed E-state index contributed by atoms with van der Waals surface area (Å²) in [4.78, 5) is 24.3. The highest BCUT2D eigenvalue weighted by Crippen LogP contribution is 2.19. The van der Waals surface area contributed by atoms with Crippen LogP contribution in [-0.2, 0) is 9.53 Å². The van der Waals surface area contributed by atoms with Crippen LogP contribution in [0.15, 0.2) is 66.7 Å². The first-order valence-electron chi connectivity index (χ1n) is 13.7. The summed E-state index contributed by atoms with van der Waals surface area (Å²) in [6, 6.07) is 17.5. The van der Waals surface area contributed by atoms with Crippen LogP contribution in [0.25, 0.3) is 11.1 Å². The Morgan fingerprint density at radius 2 is 1.20 bits per heavy atom. The molecule has 0 atom stereocenters. The lowest BCUT2D eigenvalue weighted by Gasteiger charge is -2.06. The van der Waals surface area contributed by atoms with Gasteiger partial charge in [0.05, 0.1) is 0 Å². The molecule has 0 aromatic heterocycles. The van der Waals surface area contributed by atoms with Crippen molar-refractivity contribution in [2.75, 3.05) is 6.61 Å². The Hall–Kier alpha value is -2.68. The molecule has 35 heavy (non-hydrogen) atoms. The zero-order chi connectivity index (χ0) is 25.0. The van der Waals surface area contributed by atoms with Gasteiger partial charge in [-0.15, -0.1) is 0 Å². The first-order valence-corrected chi connectivity index (χ1v) is 13.7. The Balaban J connectivity index is 1.45. The van der Waals surface area contributed by atoms with Crippen molar-refractivity contribution in [3.05, 3.63) is 72.3 Å². The second kappa shape index (κ2) is 18.6. The predicted molar refractivity (Wildman–Crippen MR) is 147 cm³/mol. The van der Waals surface area contributed by atoms with Gasteiger partial charge in [-0.05, 0) is 43.2 Å². The third-order valence-corrected chi connectivity index (χ3v) is 6.32. The largest absolute Gasteiger partial charge is 0.457 e. The van der Waals surface area contributed by atoms with E-state index in [1.54, 1.807) is 12.1 Å². The molecule has 0 bridgehead atoms. The van der Waals surface area contributed by atoms with Crippen molar-refractivity contribution in [2.24, 2.45) is 0 Å². The second-order valence-corrected chi connectivity index (χ2v) is 9.36. The fourth-order valence-corrected chi connectivity index (χ4v) is 4.12. The molecule has 0 unspecified atom stereocenters. The number of ketones is 1. The average Bonchev–Trinajstić information content (AvgIpc) is 2.90. The van der Waals surface area contributed by atoms with Gasteiger partial charge in [-0.3, -0.25) is 9.59 Å². The molecule has 0 saturated carbocycles. The third-order valence-electron chi connectivity index (χ3n) is 6.32. The number of ether oxygens (including phenoxy) is 1. The number of benzene rings is 2. The molecular weight excluding hydrogens is 432 g/mol. The minimum absolute atomic E-state index is 0.164. The maximum Gasteiger partial charge on any atom is 0.306 e. The number of carbonyl (C=O) groups excluding carboxylic acids is 2. The monoisotopic (exact) mass is 476 g/mol. The molecule has 2 aromatic carbocycles. The maximum atomic E-state index is 12.3. The number of esters is 1. The first-order chi connectivity index (χ1) is 17.2. The van der Waals surface area contributed by atoms with E-state index in [-0.39, 0.29) is 18.4 Å². The molecular formula is C32H44O3. The van der Waals surface area contributed by atoms with Crippen molar-refractivity contribution in [1.29, 1.82) is 0 Å². The molecule has 3 heteroatoms. The van der Waals surface area contributed by atoms with Crippen LogP contribution in [0.3, 0.4) is 0 Å². The summed E-state index contributed by atoms with van der Waals surface area (Å²) in [7, 11) is 0. The fourth-order valence-electron chi connectivity index (χ4n) is 4.12. The van der Waals surface area contributed by atoms with Crippen molar-refractivity contribution < 1.29 is 14.3 Å². The molecule has 0 saturated heterocycles. The molecule has 190 valence electrons. The van der Waals surface area contributed by atoms with E-state index >= 15 is 0 Å². The fraction of sp³-hybridized carbons (Fsp3) is 0.500. The lowest BCUT2D eigenvalue weighted by atomic mass is 10.0. The molecule has 0 N–H and O–H groups in total. The summed E-state index contributed by atoms with van der Waals surface area (Å²) in [6.07, 6.45) is 21.0. The van der Waals surface area contributed by atoms with Crippen molar-refractivity contribution in [3.63, 3.8) is 0 Å². The summed E-state index contributed by atoms with van der Waals surface area (Å²) < 4.78 is 5.19. The van der Waals surface area contributed by atoms with Gasteiger partial charge in [0.15, 0.2) is 12.4 Å². The number of rotatable bonds is 19. The van der Waals surface area contributed by atoms with Gasteiger partial charge < -0.3 is 4.74 Å². The van der Waals surface area contributed by atoms with Crippen molar-refractivity contribution in [1.82, 2.24) is 0 Å². The molecule has 0 aliphatic rings. The molecule has 0 aliphatic heterocycles.